The van der Waals surface area contributed by atoms with Crippen LogP contribution in [0.5, 0.6) is 0 Å². The number of rotatable bonds is 2. The zero-order valence-electron chi connectivity index (χ0n) is 11.7. The summed E-state index contributed by atoms with van der Waals surface area (Å²) in [7, 11) is 0. The van der Waals surface area contributed by atoms with E-state index in [0.29, 0.717) is 11.1 Å². The molecule has 0 aliphatic carbocycles. The molecule has 0 saturated carbocycles. The first kappa shape index (κ1) is 18.0. The van der Waals surface area contributed by atoms with Crippen molar-refractivity contribution in [1.29, 1.82) is 0 Å². The van der Waals surface area contributed by atoms with Crippen LogP contribution in [0, 0.1) is 5.82 Å². The van der Waals surface area contributed by atoms with Crippen molar-refractivity contribution in [3.05, 3.63) is 41.8 Å². The summed E-state index contributed by atoms with van der Waals surface area (Å²) in [6.07, 6.45) is 1.49. The van der Waals surface area contributed by atoms with Gasteiger partial charge in [-0.05, 0) is 17.7 Å². The van der Waals surface area contributed by atoms with Gasteiger partial charge in [0.25, 0.3) is 0 Å². The predicted octanol–water partition coefficient (Wildman–Crippen LogP) is -1.13. The summed E-state index contributed by atoms with van der Waals surface area (Å²) in [6, 6.07) is 6.49. The standard InChI is InChI=1S/C12H10FN3OS2.K.H/c13-9-6-10-7(2-1-3-14-10)4-8(9)5-11(17)15-16-12(18)19;;/h1-4,6H,5H2,(H,15,17)(H2,16,18,19);;/q;+1;-1. The number of fused-ring (bicyclic) bond motifs is 1. The molecule has 0 fully saturated rings. The number of halogens is 1. The van der Waals surface area contributed by atoms with Gasteiger partial charge in [0.05, 0.1) is 11.9 Å². The van der Waals surface area contributed by atoms with E-state index >= 15 is 0 Å². The average Bonchev–Trinajstić information content (AvgIpc) is 2.37. The SMILES string of the molecule is O=C(Cc1cc2cccnc2cc1F)NNC(=S)S.[H-].[K+]. The molecule has 0 bridgehead atoms. The van der Waals surface area contributed by atoms with Crippen molar-refractivity contribution in [1.82, 2.24) is 15.8 Å². The van der Waals surface area contributed by atoms with Gasteiger partial charge < -0.3 is 1.43 Å². The van der Waals surface area contributed by atoms with Gasteiger partial charge in [0.1, 0.15) is 10.1 Å². The molecular formula is C12H11FKN3OS2. The van der Waals surface area contributed by atoms with Crippen LogP contribution in [-0.2, 0) is 11.2 Å². The monoisotopic (exact) mass is 335 g/mol. The van der Waals surface area contributed by atoms with Crippen LogP contribution in [0.15, 0.2) is 30.5 Å². The van der Waals surface area contributed by atoms with Gasteiger partial charge in [-0.2, -0.15) is 0 Å². The van der Waals surface area contributed by atoms with E-state index in [0.717, 1.165) is 5.39 Å². The summed E-state index contributed by atoms with van der Waals surface area (Å²) < 4.78 is 13.9. The van der Waals surface area contributed by atoms with E-state index in [1.165, 1.54) is 6.07 Å². The molecule has 0 saturated heterocycles. The molecule has 1 amide bonds. The second-order valence-electron chi connectivity index (χ2n) is 3.79. The number of nitrogens with zero attached hydrogens (tertiary/aromatic N) is 1. The summed E-state index contributed by atoms with van der Waals surface area (Å²) in [5.74, 6) is -0.867. The van der Waals surface area contributed by atoms with E-state index in [2.05, 4.69) is 40.7 Å². The first-order valence-electron chi connectivity index (χ1n) is 5.37. The summed E-state index contributed by atoms with van der Waals surface area (Å²) >= 11 is 8.41. The Morgan fingerprint density at radius 2 is 2.20 bits per heavy atom. The Hall–Kier alpha value is -0.0936. The molecule has 1 aromatic heterocycles. The van der Waals surface area contributed by atoms with E-state index < -0.39 is 11.7 Å². The number of pyridine rings is 1. The number of carbonyl (C=O) groups is 1. The van der Waals surface area contributed by atoms with Crippen LogP contribution in [0.25, 0.3) is 10.9 Å². The number of hydrazine groups is 1. The summed E-state index contributed by atoms with van der Waals surface area (Å²) in [4.78, 5) is 15.6. The maximum Gasteiger partial charge on any atom is 1.00 e. The van der Waals surface area contributed by atoms with Crippen molar-refractivity contribution < 1.29 is 62.0 Å². The molecule has 2 aromatic rings. The van der Waals surface area contributed by atoms with Crippen molar-refractivity contribution >= 4 is 46.0 Å². The Balaban J connectivity index is 0.00000200. The van der Waals surface area contributed by atoms with Crippen LogP contribution < -0.4 is 62.2 Å². The Morgan fingerprint density at radius 3 is 2.90 bits per heavy atom. The Morgan fingerprint density at radius 1 is 1.45 bits per heavy atom. The fourth-order valence-corrected chi connectivity index (χ4v) is 1.72. The van der Waals surface area contributed by atoms with E-state index in [-0.39, 0.29) is 63.6 Å². The number of carbonyl (C=O) groups excluding carboxylic acids is 1. The smallest absolute Gasteiger partial charge is 1.00 e. The van der Waals surface area contributed by atoms with Gasteiger partial charge in [0.15, 0.2) is 0 Å². The van der Waals surface area contributed by atoms with Crippen molar-refractivity contribution in [2.75, 3.05) is 0 Å². The second-order valence-corrected chi connectivity index (χ2v) is 4.95. The van der Waals surface area contributed by atoms with E-state index in [1.54, 1.807) is 18.3 Å². The molecule has 0 spiro atoms. The quantitative estimate of drug-likeness (QED) is 0.281. The van der Waals surface area contributed by atoms with Gasteiger partial charge in [-0.15, -0.1) is 12.6 Å². The van der Waals surface area contributed by atoms with E-state index in [9.17, 15) is 9.18 Å². The number of thiol groups is 1. The third kappa shape index (κ3) is 5.03. The molecule has 1 heterocycles. The summed E-state index contributed by atoms with van der Waals surface area (Å²) in [5.41, 5.74) is 5.55. The zero-order chi connectivity index (χ0) is 13.8. The van der Waals surface area contributed by atoms with Crippen LogP contribution >= 0.6 is 24.8 Å². The van der Waals surface area contributed by atoms with Gasteiger partial charge >= 0.3 is 51.4 Å². The number of thiocarbonyl (C=S) groups is 1. The van der Waals surface area contributed by atoms with Gasteiger partial charge in [-0.25, -0.2) is 4.39 Å². The van der Waals surface area contributed by atoms with Crippen LogP contribution in [0.2, 0.25) is 0 Å². The third-order valence-electron chi connectivity index (χ3n) is 2.43. The molecule has 4 nitrogen and oxygen atoms in total. The number of hydrogen-bond donors (Lipinski definition) is 3. The molecule has 0 aliphatic rings. The van der Waals surface area contributed by atoms with Gasteiger partial charge in [0, 0.05) is 17.6 Å². The second kappa shape index (κ2) is 8.37. The molecule has 2 rings (SSSR count). The van der Waals surface area contributed by atoms with E-state index in [4.69, 9.17) is 0 Å². The molecule has 20 heavy (non-hydrogen) atoms. The largest absolute Gasteiger partial charge is 1.00 e. The number of hydrogen-bond acceptors (Lipinski definition) is 3. The molecule has 0 aliphatic heterocycles. The number of nitrogens with one attached hydrogen (secondary N) is 2. The number of benzene rings is 1. The summed E-state index contributed by atoms with van der Waals surface area (Å²) in [6.45, 7) is 0. The molecule has 100 valence electrons. The van der Waals surface area contributed by atoms with E-state index in [1.807, 2.05) is 6.07 Å². The minimum absolute atomic E-state index is 0. The molecule has 0 radical (unpaired) electrons. The predicted molar refractivity (Wildman–Crippen MR) is 79.4 cm³/mol. The normalized spacial score (nSPS) is 9.70. The third-order valence-corrected chi connectivity index (χ3v) is 2.64. The topological polar surface area (TPSA) is 54.0 Å². The fraction of sp³-hybridized carbons (Fsp3) is 0.0833. The average molecular weight is 335 g/mol. The Kier molecular flexibility index (Phi) is 7.52. The molecule has 2 N–H and O–H groups in total. The van der Waals surface area contributed by atoms with Crippen molar-refractivity contribution in [2.24, 2.45) is 0 Å². The Bertz CT molecular complexity index is 659. The number of amides is 1. The van der Waals surface area contributed by atoms with Crippen LogP contribution in [0.4, 0.5) is 4.39 Å². The molecule has 1 aromatic carbocycles. The van der Waals surface area contributed by atoms with Gasteiger partial charge in [-0.3, -0.25) is 20.6 Å². The van der Waals surface area contributed by atoms with Crippen LogP contribution in [0.1, 0.15) is 6.99 Å². The molecular weight excluding hydrogens is 324 g/mol. The van der Waals surface area contributed by atoms with Gasteiger partial charge in [-0.1, -0.05) is 18.3 Å². The van der Waals surface area contributed by atoms with Crippen LogP contribution in [-0.4, -0.2) is 15.2 Å². The van der Waals surface area contributed by atoms with Crippen LogP contribution in [0.3, 0.4) is 0 Å². The van der Waals surface area contributed by atoms with Crippen molar-refractivity contribution in [3.63, 3.8) is 0 Å². The minimum Gasteiger partial charge on any atom is -1.00 e. The van der Waals surface area contributed by atoms with Crippen molar-refractivity contribution in [2.45, 2.75) is 6.42 Å². The molecule has 0 unspecified atom stereocenters. The maximum absolute atomic E-state index is 13.8. The fourth-order valence-electron chi connectivity index (χ4n) is 1.62. The number of aromatic nitrogens is 1. The van der Waals surface area contributed by atoms with Crippen molar-refractivity contribution in [3.8, 4) is 0 Å². The first-order chi connectivity index (χ1) is 9.06. The zero-order valence-corrected chi connectivity index (χ0v) is 15.5. The Labute approximate surface area is 170 Å². The maximum atomic E-state index is 13.8. The minimum atomic E-state index is -0.463. The summed E-state index contributed by atoms with van der Waals surface area (Å²) in [5, 5.41) is 0.782. The molecule has 8 heteroatoms. The first-order valence-corrected chi connectivity index (χ1v) is 6.23. The molecule has 0 atom stereocenters. The van der Waals surface area contributed by atoms with Gasteiger partial charge in [0.2, 0.25) is 5.91 Å².